The Hall–Kier alpha value is -2.19. The number of anilines is 1. The second kappa shape index (κ2) is 8.95. The third kappa shape index (κ3) is 5.67. The van der Waals surface area contributed by atoms with E-state index in [1.165, 1.54) is 11.1 Å². The molecule has 3 rings (SSSR count). The van der Waals surface area contributed by atoms with Crippen molar-refractivity contribution in [3.05, 3.63) is 64.7 Å². The molecule has 0 radical (unpaired) electrons. The molecule has 136 valence electrons. The third-order valence-electron chi connectivity index (χ3n) is 3.81. The van der Waals surface area contributed by atoms with Crippen molar-refractivity contribution in [2.24, 2.45) is 0 Å². The van der Waals surface area contributed by atoms with E-state index in [0.29, 0.717) is 5.11 Å². The summed E-state index contributed by atoms with van der Waals surface area (Å²) < 4.78 is 4.79. The van der Waals surface area contributed by atoms with E-state index < -0.39 is 0 Å². The number of aryl methyl sites for hydroxylation is 2. The van der Waals surface area contributed by atoms with Gasteiger partial charge in [0.2, 0.25) is 0 Å². The van der Waals surface area contributed by atoms with Crippen molar-refractivity contribution in [2.75, 3.05) is 11.9 Å². The van der Waals surface area contributed by atoms with Crippen molar-refractivity contribution in [3.8, 4) is 0 Å². The second-order valence-electron chi connectivity index (χ2n) is 6.07. The first kappa shape index (κ1) is 18.6. The predicted molar refractivity (Wildman–Crippen MR) is 111 cm³/mol. The van der Waals surface area contributed by atoms with Crippen LogP contribution in [0.15, 0.2) is 53.5 Å². The summed E-state index contributed by atoms with van der Waals surface area (Å²) in [4.78, 5) is 0. The van der Waals surface area contributed by atoms with E-state index in [9.17, 15) is 0 Å². The molecule has 26 heavy (non-hydrogen) atoms. The minimum absolute atomic E-state index is 0.599. The van der Waals surface area contributed by atoms with Crippen LogP contribution in [0, 0.1) is 6.92 Å². The van der Waals surface area contributed by atoms with Crippen LogP contribution in [0.3, 0.4) is 0 Å². The van der Waals surface area contributed by atoms with Gasteiger partial charge < -0.3 is 10.6 Å². The molecule has 0 bridgehead atoms. The first-order chi connectivity index (χ1) is 12.6. The number of rotatable bonds is 7. The summed E-state index contributed by atoms with van der Waals surface area (Å²) in [5, 5.41) is 15.6. The van der Waals surface area contributed by atoms with Crippen molar-refractivity contribution in [1.29, 1.82) is 0 Å². The average Bonchev–Trinajstić information content (AvgIpc) is 3.23. The summed E-state index contributed by atoms with van der Waals surface area (Å²) >= 11 is 8.72. The number of benzene rings is 1. The molecule has 2 heterocycles. The lowest BCUT2D eigenvalue weighted by Gasteiger charge is -2.08. The maximum absolute atomic E-state index is 5.33. The van der Waals surface area contributed by atoms with Gasteiger partial charge in [-0.05, 0) is 47.1 Å². The number of thiocarbonyl (C=S) groups is 1. The van der Waals surface area contributed by atoms with Crippen LogP contribution in [0.1, 0.15) is 17.5 Å². The van der Waals surface area contributed by atoms with Gasteiger partial charge in [-0.2, -0.15) is 10.2 Å². The van der Waals surface area contributed by atoms with Gasteiger partial charge in [-0.25, -0.2) is 0 Å². The molecule has 6 nitrogen and oxygen atoms in total. The SMILES string of the molecule is Cc1ccc(Cn2cc(NC(=S)NCCCn3cc(Br)cn3)cn2)cc1. The summed E-state index contributed by atoms with van der Waals surface area (Å²) in [6.45, 7) is 4.44. The van der Waals surface area contributed by atoms with Crippen LogP contribution in [0.4, 0.5) is 5.69 Å². The monoisotopic (exact) mass is 432 g/mol. The number of hydrogen-bond acceptors (Lipinski definition) is 3. The maximum Gasteiger partial charge on any atom is 0.170 e. The Morgan fingerprint density at radius 1 is 1.12 bits per heavy atom. The zero-order chi connectivity index (χ0) is 18.4. The molecule has 0 aliphatic heterocycles. The van der Waals surface area contributed by atoms with Crippen molar-refractivity contribution < 1.29 is 0 Å². The van der Waals surface area contributed by atoms with Crippen molar-refractivity contribution >= 4 is 38.9 Å². The fraction of sp³-hybridized carbons (Fsp3) is 0.278. The molecule has 0 amide bonds. The Bertz CT molecular complexity index is 855. The van der Waals surface area contributed by atoms with Gasteiger partial charge in [-0.1, -0.05) is 29.8 Å². The zero-order valence-corrected chi connectivity index (χ0v) is 16.9. The Morgan fingerprint density at radius 2 is 1.88 bits per heavy atom. The summed E-state index contributed by atoms with van der Waals surface area (Å²) in [5.41, 5.74) is 3.36. The van der Waals surface area contributed by atoms with Gasteiger partial charge in [0.25, 0.3) is 0 Å². The molecule has 1 aromatic carbocycles. The van der Waals surface area contributed by atoms with Crippen LogP contribution < -0.4 is 10.6 Å². The molecule has 8 heteroatoms. The molecule has 2 N–H and O–H groups in total. The predicted octanol–water partition coefficient (Wildman–Crippen LogP) is 3.58. The highest BCUT2D eigenvalue weighted by Crippen LogP contribution is 2.09. The van der Waals surface area contributed by atoms with E-state index >= 15 is 0 Å². The highest BCUT2D eigenvalue weighted by Gasteiger charge is 2.02. The molecular weight excluding hydrogens is 412 g/mol. The van der Waals surface area contributed by atoms with Gasteiger partial charge in [0.15, 0.2) is 5.11 Å². The first-order valence-corrected chi connectivity index (χ1v) is 9.59. The molecule has 0 aliphatic carbocycles. The topological polar surface area (TPSA) is 59.7 Å². The van der Waals surface area contributed by atoms with Gasteiger partial charge >= 0.3 is 0 Å². The third-order valence-corrected chi connectivity index (χ3v) is 4.46. The second-order valence-corrected chi connectivity index (χ2v) is 7.39. The van der Waals surface area contributed by atoms with E-state index in [2.05, 4.69) is 68.0 Å². The average molecular weight is 433 g/mol. The summed E-state index contributed by atoms with van der Waals surface area (Å²) in [7, 11) is 0. The number of nitrogens with zero attached hydrogens (tertiary/aromatic N) is 4. The van der Waals surface area contributed by atoms with Crippen molar-refractivity contribution in [2.45, 2.75) is 26.4 Å². The van der Waals surface area contributed by atoms with Crippen LogP contribution in [-0.4, -0.2) is 31.2 Å². The zero-order valence-electron chi connectivity index (χ0n) is 14.5. The van der Waals surface area contributed by atoms with E-state index in [1.807, 2.05) is 21.8 Å². The van der Waals surface area contributed by atoms with Crippen LogP contribution in [0.2, 0.25) is 0 Å². The maximum atomic E-state index is 5.33. The standard InChI is InChI=1S/C18H21BrN6S/c1-14-3-5-15(6-4-14)11-25-13-17(10-22-25)23-18(26)20-7-2-8-24-12-16(19)9-21-24/h3-6,9-10,12-13H,2,7-8,11H2,1H3,(H2,20,23,26). The number of aromatic nitrogens is 4. The highest BCUT2D eigenvalue weighted by atomic mass is 79.9. The molecule has 0 atom stereocenters. The molecule has 2 aromatic heterocycles. The first-order valence-electron chi connectivity index (χ1n) is 8.39. The van der Waals surface area contributed by atoms with Crippen LogP contribution in [0.25, 0.3) is 0 Å². The Morgan fingerprint density at radius 3 is 2.62 bits per heavy atom. The Labute approximate surface area is 166 Å². The van der Waals surface area contributed by atoms with Crippen LogP contribution in [-0.2, 0) is 13.1 Å². The Balaban J connectivity index is 1.40. The molecule has 0 spiro atoms. The number of hydrogen-bond donors (Lipinski definition) is 2. The van der Waals surface area contributed by atoms with Crippen molar-refractivity contribution in [3.63, 3.8) is 0 Å². The van der Waals surface area contributed by atoms with E-state index in [0.717, 1.165) is 36.2 Å². The molecule has 3 aromatic rings. The lowest BCUT2D eigenvalue weighted by Crippen LogP contribution is -2.29. The van der Waals surface area contributed by atoms with Crippen molar-refractivity contribution in [1.82, 2.24) is 24.9 Å². The Kier molecular flexibility index (Phi) is 6.40. The fourth-order valence-corrected chi connectivity index (χ4v) is 3.02. The highest BCUT2D eigenvalue weighted by molar-refractivity contribution is 9.10. The quantitative estimate of drug-likeness (QED) is 0.441. The summed E-state index contributed by atoms with van der Waals surface area (Å²) in [6, 6.07) is 8.46. The minimum atomic E-state index is 0.599. The normalized spacial score (nSPS) is 10.7. The van der Waals surface area contributed by atoms with Crippen LogP contribution in [0.5, 0.6) is 0 Å². The van der Waals surface area contributed by atoms with Crippen LogP contribution >= 0.6 is 28.1 Å². The smallest absolute Gasteiger partial charge is 0.170 e. The summed E-state index contributed by atoms with van der Waals surface area (Å²) in [5.74, 6) is 0. The van der Waals surface area contributed by atoms with Gasteiger partial charge in [0.05, 0.1) is 29.1 Å². The fourth-order valence-electron chi connectivity index (χ4n) is 2.47. The lowest BCUT2D eigenvalue weighted by atomic mass is 10.1. The molecular formula is C18H21BrN6S. The van der Waals surface area contributed by atoms with Gasteiger partial charge in [-0.15, -0.1) is 0 Å². The molecule has 0 unspecified atom stereocenters. The van der Waals surface area contributed by atoms with Gasteiger partial charge in [-0.3, -0.25) is 9.36 Å². The van der Waals surface area contributed by atoms with E-state index in [1.54, 1.807) is 12.4 Å². The number of nitrogens with one attached hydrogen (secondary N) is 2. The summed E-state index contributed by atoms with van der Waals surface area (Å²) in [6.07, 6.45) is 8.41. The van der Waals surface area contributed by atoms with E-state index in [-0.39, 0.29) is 0 Å². The molecule has 0 saturated carbocycles. The molecule has 0 saturated heterocycles. The largest absolute Gasteiger partial charge is 0.362 e. The van der Waals surface area contributed by atoms with Gasteiger partial charge in [0, 0.05) is 25.5 Å². The molecule has 0 aliphatic rings. The van der Waals surface area contributed by atoms with Gasteiger partial charge in [0.1, 0.15) is 0 Å². The lowest BCUT2D eigenvalue weighted by molar-refractivity contribution is 0.573. The minimum Gasteiger partial charge on any atom is -0.362 e. The molecule has 0 fully saturated rings. The number of halogens is 1. The van der Waals surface area contributed by atoms with E-state index in [4.69, 9.17) is 12.2 Å².